The minimum absolute atomic E-state index is 0.136. The largest absolute Gasteiger partial charge is 0.393 e. The lowest BCUT2D eigenvalue weighted by molar-refractivity contribution is -0.132. The van der Waals surface area contributed by atoms with Gasteiger partial charge in [-0.1, -0.05) is 48.5 Å². The van der Waals surface area contributed by atoms with Crippen LogP contribution in [0.3, 0.4) is 0 Å². The van der Waals surface area contributed by atoms with E-state index in [1.807, 2.05) is 65.6 Å². The van der Waals surface area contributed by atoms with Crippen molar-refractivity contribution in [2.45, 2.75) is 29.1 Å². The van der Waals surface area contributed by atoms with Crippen LogP contribution >= 0.6 is 11.8 Å². The fourth-order valence-corrected chi connectivity index (χ4v) is 3.91. The number of aliphatic hydroxyl groups is 1. The molecule has 0 spiro atoms. The van der Waals surface area contributed by atoms with Crippen LogP contribution in [0.1, 0.15) is 23.7 Å². The second-order valence-electron chi connectivity index (χ2n) is 5.78. The molecular weight excluding hydrogens is 306 g/mol. The predicted molar refractivity (Wildman–Crippen MR) is 93.3 cm³/mol. The third kappa shape index (κ3) is 4.15. The van der Waals surface area contributed by atoms with Gasteiger partial charge in [-0.2, -0.15) is 0 Å². The molecule has 0 aliphatic carbocycles. The van der Waals surface area contributed by atoms with Crippen LogP contribution in [0.15, 0.2) is 65.6 Å². The molecule has 1 heterocycles. The molecule has 1 atom stereocenters. The standard InChI is InChI=1S/C19H21NO2S/c21-16-11-13-20(14-12-16)19(22)18(15-7-3-1-4-8-15)23-17-9-5-2-6-10-17/h1-10,16,18,21H,11-14H2. The van der Waals surface area contributed by atoms with Crippen LogP contribution in [0, 0.1) is 0 Å². The van der Waals surface area contributed by atoms with Crippen LogP contribution in [-0.2, 0) is 4.79 Å². The number of nitrogens with zero attached hydrogens (tertiary/aromatic N) is 1. The summed E-state index contributed by atoms with van der Waals surface area (Å²) in [7, 11) is 0. The summed E-state index contributed by atoms with van der Waals surface area (Å²) in [5.74, 6) is 0.136. The van der Waals surface area contributed by atoms with Crippen molar-refractivity contribution in [1.82, 2.24) is 4.90 Å². The summed E-state index contributed by atoms with van der Waals surface area (Å²) >= 11 is 1.59. The summed E-state index contributed by atoms with van der Waals surface area (Å²) in [6.45, 7) is 1.28. The quantitative estimate of drug-likeness (QED) is 0.874. The Kier molecular flexibility index (Phi) is 5.36. The van der Waals surface area contributed by atoms with Crippen LogP contribution in [0.5, 0.6) is 0 Å². The number of amides is 1. The van der Waals surface area contributed by atoms with Crippen LogP contribution in [-0.4, -0.2) is 35.1 Å². The van der Waals surface area contributed by atoms with Gasteiger partial charge < -0.3 is 10.0 Å². The molecule has 0 radical (unpaired) electrons. The molecule has 3 rings (SSSR count). The van der Waals surface area contributed by atoms with Crippen molar-refractivity contribution >= 4 is 17.7 Å². The molecule has 2 aromatic rings. The number of thioether (sulfide) groups is 1. The van der Waals surface area contributed by atoms with E-state index in [9.17, 15) is 9.90 Å². The molecule has 0 saturated carbocycles. The van der Waals surface area contributed by atoms with E-state index in [1.54, 1.807) is 11.8 Å². The van der Waals surface area contributed by atoms with Crippen LogP contribution in [0.2, 0.25) is 0 Å². The van der Waals surface area contributed by atoms with E-state index in [-0.39, 0.29) is 17.3 Å². The van der Waals surface area contributed by atoms with Crippen LogP contribution in [0.25, 0.3) is 0 Å². The number of carbonyl (C=O) groups excluding carboxylic acids is 1. The average Bonchev–Trinajstić information content (AvgIpc) is 2.61. The van der Waals surface area contributed by atoms with Crippen molar-refractivity contribution in [2.24, 2.45) is 0 Å². The second kappa shape index (κ2) is 7.66. The lowest BCUT2D eigenvalue weighted by Gasteiger charge is -2.32. The Morgan fingerprint density at radius 3 is 2.17 bits per heavy atom. The number of hydrogen-bond acceptors (Lipinski definition) is 3. The predicted octanol–water partition coefficient (Wildman–Crippen LogP) is 3.50. The van der Waals surface area contributed by atoms with Crippen molar-refractivity contribution in [3.8, 4) is 0 Å². The summed E-state index contributed by atoms with van der Waals surface area (Å²) in [4.78, 5) is 16.0. The Morgan fingerprint density at radius 2 is 1.57 bits per heavy atom. The molecule has 4 heteroatoms. The molecule has 3 nitrogen and oxygen atoms in total. The van der Waals surface area contributed by atoms with E-state index >= 15 is 0 Å². The van der Waals surface area contributed by atoms with Gasteiger partial charge >= 0.3 is 0 Å². The van der Waals surface area contributed by atoms with E-state index in [2.05, 4.69) is 0 Å². The minimum Gasteiger partial charge on any atom is -0.393 e. The first-order chi connectivity index (χ1) is 11.2. The molecule has 1 N–H and O–H groups in total. The van der Waals surface area contributed by atoms with Gasteiger partial charge in [0.25, 0.3) is 0 Å². The van der Waals surface area contributed by atoms with Crippen molar-refractivity contribution in [3.63, 3.8) is 0 Å². The lowest BCUT2D eigenvalue weighted by atomic mass is 10.1. The summed E-state index contributed by atoms with van der Waals surface area (Å²) in [5.41, 5.74) is 1.03. The zero-order valence-electron chi connectivity index (χ0n) is 13.0. The first kappa shape index (κ1) is 16.1. The SMILES string of the molecule is O=C(C(Sc1ccccc1)c1ccccc1)N1CCC(O)CC1. The first-order valence-electron chi connectivity index (χ1n) is 7.97. The van der Waals surface area contributed by atoms with E-state index in [1.165, 1.54) is 0 Å². The molecule has 23 heavy (non-hydrogen) atoms. The zero-order chi connectivity index (χ0) is 16.1. The van der Waals surface area contributed by atoms with Gasteiger partial charge in [-0.25, -0.2) is 0 Å². The third-order valence-corrected chi connectivity index (χ3v) is 5.35. The lowest BCUT2D eigenvalue weighted by Crippen LogP contribution is -2.41. The number of likely N-dealkylation sites (tertiary alicyclic amines) is 1. The van der Waals surface area contributed by atoms with Gasteiger partial charge in [-0.3, -0.25) is 4.79 Å². The molecule has 1 unspecified atom stereocenters. The minimum atomic E-state index is -0.268. The summed E-state index contributed by atoms with van der Waals surface area (Å²) in [6, 6.07) is 20.0. The van der Waals surface area contributed by atoms with Gasteiger partial charge in [0.05, 0.1) is 6.10 Å². The Bertz CT molecular complexity index is 624. The highest BCUT2D eigenvalue weighted by Crippen LogP contribution is 2.37. The molecule has 1 fully saturated rings. The van der Waals surface area contributed by atoms with E-state index in [0.29, 0.717) is 25.9 Å². The smallest absolute Gasteiger partial charge is 0.240 e. The molecule has 2 aromatic carbocycles. The van der Waals surface area contributed by atoms with Crippen molar-refractivity contribution in [1.29, 1.82) is 0 Å². The number of aliphatic hydroxyl groups excluding tert-OH is 1. The highest BCUT2D eigenvalue weighted by atomic mass is 32.2. The molecule has 0 bridgehead atoms. The van der Waals surface area contributed by atoms with Crippen LogP contribution < -0.4 is 0 Å². The maximum Gasteiger partial charge on any atom is 0.240 e. The highest BCUT2D eigenvalue weighted by Gasteiger charge is 2.29. The first-order valence-corrected chi connectivity index (χ1v) is 8.85. The Labute approximate surface area is 141 Å². The maximum absolute atomic E-state index is 13.0. The fraction of sp³-hybridized carbons (Fsp3) is 0.316. The molecular formula is C19H21NO2S. The zero-order valence-corrected chi connectivity index (χ0v) is 13.8. The Morgan fingerprint density at radius 1 is 1.00 bits per heavy atom. The summed E-state index contributed by atoms with van der Waals surface area (Å²) in [5, 5.41) is 9.41. The normalized spacial score (nSPS) is 17.0. The number of hydrogen-bond donors (Lipinski definition) is 1. The van der Waals surface area contributed by atoms with E-state index < -0.39 is 0 Å². The average molecular weight is 327 g/mol. The van der Waals surface area contributed by atoms with E-state index in [0.717, 1.165) is 10.5 Å². The van der Waals surface area contributed by atoms with Gasteiger partial charge in [-0.15, -0.1) is 11.8 Å². The second-order valence-corrected chi connectivity index (χ2v) is 6.96. The van der Waals surface area contributed by atoms with Gasteiger partial charge in [0, 0.05) is 18.0 Å². The maximum atomic E-state index is 13.0. The molecule has 120 valence electrons. The molecule has 1 aliphatic heterocycles. The van der Waals surface area contributed by atoms with Crippen molar-refractivity contribution < 1.29 is 9.90 Å². The monoisotopic (exact) mass is 327 g/mol. The third-order valence-electron chi connectivity index (χ3n) is 4.10. The number of carbonyl (C=O) groups is 1. The van der Waals surface area contributed by atoms with Gasteiger partial charge in [0.1, 0.15) is 5.25 Å². The molecule has 1 aliphatic rings. The van der Waals surface area contributed by atoms with Crippen LogP contribution in [0.4, 0.5) is 0 Å². The Balaban J connectivity index is 1.81. The summed E-state index contributed by atoms with van der Waals surface area (Å²) < 4.78 is 0. The topological polar surface area (TPSA) is 40.5 Å². The van der Waals surface area contributed by atoms with Gasteiger partial charge in [0.2, 0.25) is 5.91 Å². The number of piperidine rings is 1. The number of rotatable bonds is 4. The highest BCUT2D eigenvalue weighted by molar-refractivity contribution is 8.00. The van der Waals surface area contributed by atoms with E-state index in [4.69, 9.17) is 0 Å². The summed E-state index contributed by atoms with van der Waals surface area (Å²) in [6.07, 6.45) is 1.07. The fourth-order valence-electron chi connectivity index (χ4n) is 2.78. The van der Waals surface area contributed by atoms with Crippen molar-refractivity contribution in [3.05, 3.63) is 66.2 Å². The Hall–Kier alpha value is -1.78. The molecule has 0 aromatic heterocycles. The molecule has 1 amide bonds. The van der Waals surface area contributed by atoms with Gasteiger partial charge in [0.15, 0.2) is 0 Å². The number of benzene rings is 2. The van der Waals surface area contributed by atoms with Crippen molar-refractivity contribution in [2.75, 3.05) is 13.1 Å². The molecule has 1 saturated heterocycles. The van der Waals surface area contributed by atoms with Gasteiger partial charge in [-0.05, 0) is 30.5 Å².